The van der Waals surface area contributed by atoms with E-state index >= 15 is 0 Å². The highest BCUT2D eigenvalue weighted by molar-refractivity contribution is 5.34. The van der Waals surface area contributed by atoms with Crippen LogP contribution in [0.15, 0.2) is 23.5 Å². The van der Waals surface area contributed by atoms with E-state index in [0.717, 1.165) is 31.7 Å². The Balaban J connectivity index is 1.72. The van der Waals surface area contributed by atoms with Crippen LogP contribution in [0.5, 0.6) is 0 Å². The summed E-state index contributed by atoms with van der Waals surface area (Å²) in [5.74, 6) is 1.35. The van der Waals surface area contributed by atoms with Crippen LogP contribution in [0.3, 0.4) is 0 Å². The molecule has 0 spiro atoms. The molecular weight excluding hydrogens is 343 g/mol. The van der Waals surface area contributed by atoms with E-state index in [-0.39, 0.29) is 12.6 Å². The minimum absolute atomic E-state index is 0.142. The van der Waals surface area contributed by atoms with E-state index in [0.29, 0.717) is 18.0 Å². The summed E-state index contributed by atoms with van der Waals surface area (Å²) in [6.07, 6.45) is 11.9. The molecule has 0 aromatic heterocycles. The van der Waals surface area contributed by atoms with Crippen LogP contribution in [-0.2, 0) is 4.74 Å². The first-order valence-electron chi connectivity index (χ1n) is 10.9. The molecule has 0 bridgehead atoms. The van der Waals surface area contributed by atoms with Crippen molar-refractivity contribution >= 4 is 0 Å². The summed E-state index contributed by atoms with van der Waals surface area (Å²) in [4.78, 5) is 2.57. The van der Waals surface area contributed by atoms with Gasteiger partial charge in [-0.25, -0.2) is 4.39 Å². The molecule has 0 aromatic rings. The molecular formula is C22H37FN2O2. The van der Waals surface area contributed by atoms with Gasteiger partial charge in [-0.05, 0) is 75.6 Å². The molecule has 0 aromatic carbocycles. The number of nitrogens with one attached hydrogen (secondary N) is 1. The summed E-state index contributed by atoms with van der Waals surface area (Å²) in [6, 6.07) is 1.23. The average molecular weight is 381 g/mol. The normalized spacial score (nSPS) is 32.5. The molecule has 0 radical (unpaired) electrons. The second-order valence-electron chi connectivity index (χ2n) is 8.25. The van der Waals surface area contributed by atoms with E-state index in [2.05, 4.69) is 36.2 Å². The van der Waals surface area contributed by atoms with Gasteiger partial charge in [0.2, 0.25) is 0 Å². The zero-order valence-corrected chi connectivity index (χ0v) is 17.0. The van der Waals surface area contributed by atoms with E-state index < -0.39 is 12.8 Å². The van der Waals surface area contributed by atoms with Gasteiger partial charge >= 0.3 is 0 Å². The number of aliphatic hydroxyl groups is 1. The van der Waals surface area contributed by atoms with E-state index in [4.69, 9.17) is 4.74 Å². The maximum absolute atomic E-state index is 13.2. The molecule has 3 aliphatic rings. The number of rotatable bonds is 8. The fraction of sp³-hybridized carbons (Fsp3) is 0.818. The summed E-state index contributed by atoms with van der Waals surface area (Å²) in [7, 11) is 0. The minimum Gasteiger partial charge on any atom is -0.488 e. The van der Waals surface area contributed by atoms with Crippen LogP contribution in [0.2, 0.25) is 0 Å². The third-order valence-electron chi connectivity index (χ3n) is 6.70. The summed E-state index contributed by atoms with van der Waals surface area (Å²) in [6.45, 7) is 5.79. The molecule has 2 N–H and O–H groups in total. The quantitative estimate of drug-likeness (QED) is 0.676. The molecule has 5 heteroatoms. The lowest BCUT2D eigenvalue weighted by Gasteiger charge is -2.43. The van der Waals surface area contributed by atoms with E-state index in [1.807, 2.05) is 0 Å². The Hall–Kier alpha value is -0.910. The highest BCUT2D eigenvalue weighted by atomic mass is 19.1. The molecule has 3 rings (SSSR count). The van der Waals surface area contributed by atoms with Gasteiger partial charge in [-0.3, -0.25) is 0 Å². The Labute approximate surface area is 163 Å². The molecule has 3 atom stereocenters. The van der Waals surface area contributed by atoms with Gasteiger partial charge in [-0.2, -0.15) is 0 Å². The summed E-state index contributed by atoms with van der Waals surface area (Å²) < 4.78 is 19.1. The minimum atomic E-state index is -0.756. The zero-order chi connectivity index (χ0) is 19.2. The summed E-state index contributed by atoms with van der Waals surface area (Å²) in [5, 5.41) is 13.2. The third-order valence-corrected chi connectivity index (χ3v) is 6.70. The maximum atomic E-state index is 13.2. The second kappa shape index (κ2) is 10.0. The Kier molecular flexibility index (Phi) is 7.74. The van der Waals surface area contributed by atoms with Crippen molar-refractivity contribution in [2.45, 2.75) is 83.0 Å². The number of halogens is 1. The van der Waals surface area contributed by atoms with Gasteiger partial charge in [0, 0.05) is 12.1 Å². The lowest BCUT2D eigenvalue weighted by molar-refractivity contribution is 0.0194. The van der Waals surface area contributed by atoms with Gasteiger partial charge in [0.25, 0.3) is 0 Å². The lowest BCUT2D eigenvalue weighted by atomic mass is 9.77. The van der Waals surface area contributed by atoms with Crippen molar-refractivity contribution in [2.24, 2.45) is 5.92 Å². The smallest absolute Gasteiger partial charge is 0.149 e. The predicted molar refractivity (Wildman–Crippen MR) is 107 cm³/mol. The fourth-order valence-electron chi connectivity index (χ4n) is 5.12. The predicted octanol–water partition coefficient (Wildman–Crippen LogP) is 3.57. The average Bonchev–Trinajstić information content (AvgIpc) is 2.73. The first kappa shape index (κ1) is 20.8. The maximum Gasteiger partial charge on any atom is 0.149 e. The number of ether oxygens (including phenoxy) is 1. The molecule has 0 saturated heterocycles. The summed E-state index contributed by atoms with van der Waals surface area (Å²) >= 11 is 0. The van der Waals surface area contributed by atoms with E-state index in [9.17, 15) is 9.50 Å². The van der Waals surface area contributed by atoms with Gasteiger partial charge in [0.1, 0.15) is 18.5 Å². The van der Waals surface area contributed by atoms with Crippen LogP contribution < -0.4 is 5.32 Å². The first-order valence-corrected chi connectivity index (χ1v) is 10.9. The molecule has 1 fully saturated rings. The van der Waals surface area contributed by atoms with Gasteiger partial charge < -0.3 is 20.1 Å². The molecule has 3 unspecified atom stereocenters. The SMILES string of the molecule is CCN(CC)C1CCC(C2NC3CCCC=C3C=C2OC(CO)CF)CC1. The van der Waals surface area contributed by atoms with Crippen LogP contribution in [0, 0.1) is 5.92 Å². The molecule has 154 valence electrons. The Morgan fingerprint density at radius 1 is 1.22 bits per heavy atom. The van der Waals surface area contributed by atoms with E-state index in [1.54, 1.807) is 0 Å². The number of hydrogen-bond donors (Lipinski definition) is 2. The molecule has 1 heterocycles. The lowest BCUT2D eigenvalue weighted by Crippen LogP contribution is -2.51. The second-order valence-corrected chi connectivity index (χ2v) is 8.25. The highest BCUT2D eigenvalue weighted by Gasteiger charge is 2.37. The number of hydrogen-bond acceptors (Lipinski definition) is 4. The molecule has 27 heavy (non-hydrogen) atoms. The van der Waals surface area contributed by atoms with Crippen molar-refractivity contribution in [2.75, 3.05) is 26.4 Å². The van der Waals surface area contributed by atoms with Crippen LogP contribution in [0.4, 0.5) is 4.39 Å². The number of alkyl halides is 1. The number of nitrogens with zero attached hydrogens (tertiary/aromatic N) is 1. The van der Waals surface area contributed by atoms with Crippen LogP contribution in [0.25, 0.3) is 0 Å². The van der Waals surface area contributed by atoms with Crippen molar-refractivity contribution in [1.29, 1.82) is 0 Å². The largest absolute Gasteiger partial charge is 0.488 e. The number of fused-ring (bicyclic) bond motifs is 1. The fourth-order valence-corrected chi connectivity index (χ4v) is 5.12. The third kappa shape index (κ3) is 4.93. The number of aliphatic hydroxyl groups excluding tert-OH is 1. The molecule has 4 nitrogen and oxygen atoms in total. The Morgan fingerprint density at radius 2 is 1.96 bits per heavy atom. The highest BCUT2D eigenvalue weighted by Crippen LogP contribution is 2.37. The van der Waals surface area contributed by atoms with Gasteiger partial charge in [-0.15, -0.1) is 0 Å². The van der Waals surface area contributed by atoms with Crippen molar-refractivity contribution in [3.05, 3.63) is 23.5 Å². The standard InChI is InChI=1S/C22H37FN2O2/c1-3-25(4-2)18-11-9-16(10-12-18)22-21(27-19(14-23)15-26)13-17-7-5-6-8-20(17)24-22/h7,13,16,18-20,22,24,26H,3-6,8-12,14-15H2,1-2H3. The van der Waals surface area contributed by atoms with Gasteiger partial charge in [-0.1, -0.05) is 19.9 Å². The van der Waals surface area contributed by atoms with Crippen molar-refractivity contribution in [3.8, 4) is 0 Å². The monoisotopic (exact) mass is 380 g/mol. The topological polar surface area (TPSA) is 44.7 Å². The van der Waals surface area contributed by atoms with Crippen LogP contribution in [0.1, 0.15) is 58.8 Å². The molecule has 0 amide bonds. The Morgan fingerprint density at radius 3 is 2.59 bits per heavy atom. The van der Waals surface area contributed by atoms with Crippen molar-refractivity contribution in [1.82, 2.24) is 10.2 Å². The molecule has 1 saturated carbocycles. The molecule has 1 aliphatic heterocycles. The van der Waals surface area contributed by atoms with E-state index in [1.165, 1.54) is 37.7 Å². The summed E-state index contributed by atoms with van der Waals surface area (Å²) in [5.41, 5.74) is 1.28. The number of allylic oxidation sites excluding steroid dienone is 1. The first-order chi connectivity index (χ1) is 13.2. The van der Waals surface area contributed by atoms with Gasteiger partial charge in [0.15, 0.2) is 0 Å². The van der Waals surface area contributed by atoms with Crippen LogP contribution >= 0.6 is 0 Å². The van der Waals surface area contributed by atoms with Gasteiger partial charge in [0.05, 0.1) is 12.6 Å². The Bertz CT molecular complexity index is 520. The molecule has 2 aliphatic carbocycles. The van der Waals surface area contributed by atoms with Crippen molar-refractivity contribution < 1.29 is 14.2 Å². The zero-order valence-electron chi connectivity index (χ0n) is 17.0. The van der Waals surface area contributed by atoms with Crippen LogP contribution in [-0.4, -0.2) is 60.6 Å². The van der Waals surface area contributed by atoms with Crippen molar-refractivity contribution in [3.63, 3.8) is 0 Å².